The highest BCUT2D eigenvalue weighted by molar-refractivity contribution is 5.84. The molecule has 3 fully saturated rings. The van der Waals surface area contributed by atoms with E-state index in [1.54, 1.807) is 16.0 Å². The fourth-order valence-electron chi connectivity index (χ4n) is 5.83. The lowest BCUT2D eigenvalue weighted by Crippen LogP contribution is -2.62. The molecule has 7 nitrogen and oxygen atoms in total. The number of guanidine groups is 1. The minimum Gasteiger partial charge on any atom is -0.340 e. The number of halogens is 2. The highest BCUT2D eigenvalue weighted by atomic mass is 19.3. The number of carbonyl (C=O) groups is 1. The summed E-state index contributed by atoms with van der Waals surface area (Å²) < 4.78 is 26.5. The van der Waals surface area contributed by atoms with Gasteiger partial charge in [0.2, 0.25) is 5.96 Å². The third-order valence-electron chi connectivity index (χ3n) is 7.82. The van der Waals surface area contributed by atoms with Gasteiger partial charge in [-0.2, -0.15) is 0 Å². The van der Waals surface area contributed by atoms with E-state index in [1.165, 1.54) is 5.56 Å². The number of nitrogens with zero attached hydrogens (tertiary/aromatic N) is 5. The Kier molecular flexibility index (Phi) is 5.15. The highest BCUT2D eigenvalue weighted by Crippen LogP contribution is 2.46. The molecule has 178 valence electrons. The van der Waals surface area contributed by atoms with Crippen molar-refractivity contribution in [3.8, 4) is 0 Å². The van der Waals surface area contributed by atoms with Gasteiger partial charge < -0.3 is 15.1 Å². The summed E-state index contributed by atoms with van der Waals surface area (Å²) in [7, 11) is 6.10. The van der Waals surface area contributed by atoms with Gasteiger partial charge in [-0.05, 0) is 45.3 Å². The van der Waals surface area contributed by atoms with Gasteiger partial charge in [0.25, 0.3) is 5.92 Å². The summed E-state index contributed by atoms with van der Waals surface area (Å²) in [6.45, 7) is 0.468. The monoisotopic (exact) mass is 458 g/mol. The van der Waals surface area contributed by atoms with Gasteiger partial charge in [-0.1, -0.05) is 30.3 Å². The second-order valence-corrected chi connectivity index (χ2v) is 10.2. The number of amides is 2. The van der Waals surface area contributed by atoms with Crippen LogP contribution in [0.3, 0.4) is 0 Å². The number of likely N-dealkylation sites (N-methyl/N-ethyl adjacent to an activating group) is 1. The van der Waals surface area contributed by atoms with Gasteiger partial charge in [0.15, 0.2) is 0 Å². The molecule has 1 aromatic carbocycles. The zero-order valence-corrected chi connectivity index (χ0v) is 19.5. The van der Waals surface area contributed by atoms with Gasteiger partial charge in [-0.15, -0.1) is 0 Å². The second kappa shape index (κ2) is 7.68. The summed E-state index contributed by atoms with van der Waals surface area (Å²) in [6, 6.07) is 10.5. The maximum atomic E-state index is 13.3. The number of likely N-dealkylation sites (tertiary alicyclic amines) is 1. The topological polar surface area (TPSA) is 54.4 Å². The molecule has 33 heavy (non-hydrogen) atoms. The molecule has 2 amide bonds. The molecule has 1 spiro atoms. The van der Waals surface area contributed by atoms with Crippen LogP contribution in [0.4, 0.5) is 13.6 Å². The Morgan fingerprint density at radius 1 is 1.03 bits per heavy atom. The molecule has 0 unspecified atom stereocenters. The van der Waals surface area contributed by atoms with Crippen molar-refractivity contribution in [3.63, 3.8) is 0 Å². The third-order valence-corrected chi connectivity index (χ3v) is 7.82. The van der Waals surface area contributed by atoms with Crippen LogP contribution in [0, 0.1) is 0 Å². The fourth-order valence-corrected chi connectivity index (χ4v) is 5.83. The molecule has 1 aliphatic carbocycles. The Bertz CT molecular complexity index is 976. The predicted molar refractivity (Wildman–Crippen MR) is 123 cm³/mol. The summed E-state index contributed by atoms with van der Waals surface area (Å²) >= 11 is 0. The summed E-state index contributed by atoms with van der Waals surface area (Å²) in [5.41, 5.74) is 1.83. The van der Waals surface area contributed by atoms with Crippen LogP contribution in [0.2, 0.25) is 0 Å². The number of hydrogen-bond acceptors (Lipinski definition) is 5. The first kappa shape index (κ1) is 22.1. The molecule has 3 heterocycles. The molecule has 1 N–H and O–H groups in total. The second-order valence-electron chi connectivity index (χ2n) is 10.2. The molecular formula is C24H32F2N6O. The van der Waals surface area contributed by atoms with Crippen molar-refractivity contribution in [2.75, 3.05) is 47.3 Å². The Morgan fingerprint density at radius 3 is 2.27 bits per heavy atom. The average molecular weight is 459 g/mol. The first-order valence-corrected chi connectivity index (χ1v) is 11.6. The molecule has 0 atom stereocenters. The number of aliphatic imine (C=N–C) groups is 1. The smallest absolute Gasteiger partial charge is 0.322 e. The van der Waals surface area contributed by atoms with Gasteiger partial charge in [-0.25, -0.2) is 18.6 Å². The van der Waals surface area contributed by atoms with E-state index in [2.05, 4.69) is 53.6 Å². The van der Waals surface area contributed by atoms with E-state index in [4.69, 9.17) is 0 Å². The van der Waals surface area contributed by atoms with Gasteiger partial charge >= 0.3 is 6.03 Å². The van der Waals surface area contributed by atoms with Gasteiger partial charge in [0.05, 0.1) is 43.6 Å². The van der Waals surface area contributed by atoms with Crippen molar-refractivity contribution in [2.45, 2.75) is 42.7 Å². The van der Waals surface area contributed by atoms with Gasteiger partial charge in [-0.3, -0.25) is 9.80 Å². The molecule has 3 aliphatic heterocycles. The first-order chi connectivity index (χ1) is 15.6. The lowest BCUT2D eigenvalue weighted by molar-refractivity contribution is -0.105. The first-order valence-electron chi connectivity index (χ1n) is 11.6. The molecular weight excluding hydrogens is 426 g/mol. The van der Waals surface area contributed by atoms with E-state index in [-0.39, 0.29) is 30.2 Å². The summed E-state index contributed by atoms with van der Waals surface area (Å²) in [5.74, 6) is -2.10. The molecule has 0 aromatic heterocycles. The molecule has 0 bridgehead atoms. The quantitative estimate of drug-likeness (QED) is 0.757. The Hall–Kier alpha value is -2.68. The van der Waals surface area contributed by atoms with Crippen LogP contribution in [0.15, 0.2) is 47.2 Å². The predicted octanol–water partition coefficient (Wildman–Crippen LogP) is 2.88. The van der Waals surface area contributed by atoms with E-state index in [9.17, 15) is 13.6 Å². The molecule has 1 aromatic rings. The maximum Gasteiger partial charge on any atom is 0.322 e. The van der Waals surface area contributed by atoms with Crippen LogP contribution in [0.5, 0.6) is 0 Å². The van der Waals surface area contributed by atoms with E-state index in [0.717, 1.165) is 31.4 Å². The van der Waals surface area contributed by atoms with Crippen molar-refractivity contribution in [1.82, 2.24) is 24.9 Å². The minimum absolute atomic E-state index is 0.0343. The van der Waals surface area contributed by atoms with Crippen molar-refractivity contribution in [2.24, 2.45) is 4.99 Å². The Balaban J connectivity index is 1.30. The summed E-state index contributed by atoms with van der Waals surface area (Å²) in [4.78, 5) is 24.9. The van der Waals surface area contributed by atoms with Crippen LogP contribution in [-0.2, 0) is 5.54 Å². The summed E-state index contributed by atoms with van der Waals surface area (Å²) in [6.07, 6.45) is 5.37. The molecule has 4 aliphatic rings. The number of hydrogen-bond donors (Lipinski definition) is 1. The standard InChI is InChI=1S/C24H32F2N6O/c1-29(2)23(18-7-5-4-6-8-18)11-9-22(10-12-23)15-32(21(33)28-22)19-13-27-20(30(3)14-19)31-16-24(25,26)17-31/h4-8,13H,9-12,14-17H2,1-3H3,(H,28,33). The van der Waals surface area contributed by atoms with Crippen LogP contribution < -0.4 is 5.32 Å². The highest BCUT2D eigenvalue weighted by Gasteiger charge is 2.51. The number of alkyl halides is 2. The molecule has 0 radical (unpaired) electrons. The van der Waals surface area contributed by atoms with Crippen LogP contribution in [0.25, 0.3) is 0 Å². The largest absolute Gasteiger partial charge is 0.340 e. The van der Waals surface area contributed by atoms with Crippen molar-refractivity contribution in [1.29, 1.82) is 0 Å². The van der Waals surface area contributed by atoms with E-state index in [0.29, 0.717) is 19.0 Å². The zero-order chi connectivity index (χ0) is 23.4. The zero-order valence-electron chi connectivity index (χ0n) is 19.5. The Morgan fingerprint density at radius 2 is 1.70 bits per heavy atom. The Labute approximate surface area is 193 Å². The van der Waals surface area contributed by atoms with Gasteiger partial charge in [0.1, 0.15) is 0 Å². The number of carbonyl (C=O) groups excluding carboxylic acids is 1. The number of benzene rings is 1. The number of rotatable bonds is 3. The normalized spacial score (nSPS) is 31.5. The molecule has 5 rings (SSSR count). The average Bonchev–Trinajstić information content (AvgIpc) is 3.09. The maximum absolute atomic E-state index is 13.3. The van der Waals surface area contributed by atoms with Crippen molar-refractivity contribution >= 4 is 12.0 Å². The van der Waals surface area contributed by atoms with Crippen molar-refractivity contribution < 1.29 is 13.6 Å². The van der Waals surface area contributed by atoms with E-state index in [1.807, 2.05) is 18.0 Å². The minimum atomic E-state index is -2.64. The summed E-state index contributed by atoms with van der Waals surface area (Å²) in [5, 5.41) is 3.28. The van der Waals surface area contributed by atoms with Crippen LogP contribution in [0.1, 0.15) is 31.2 Å². The molecule has 9 heteroatoms. The van der Waals surface area contributed by atoms with Crippen molar-refractivity contribution in [3.05, 3.63) is 47.8 Å². The lowest BCUT2D eigenvalue weighted by atomic mass is 9.69. The third kappa shape index (κ3) is 3.76. The van der Waals surface area contributed by atoms with Crippen LogP contribution >= 0.6 is 0 Å². The van der Waals surface area contributed by atoms with E-state index >= 15 is 0 Å². The molecule has 1 saturated carbocycles. The van der Waals surface area contributed by atoms with Crippen LogP contribution in [-0.4, -0.2) is 90.4 Å². The number of nitrogens with one attached hydrogen (secondary N) is 1. The number of urea groups is 1. The van der Waals surface area contributed by atoms with E-state index < -0.39 is 5.92 Å². The van der Waals surface area contributed by atoms with Gasteiger partial charge in [0, 0.05) is 12.6 Å². The lowest BCUT2D eigenvalue weighted by Gasteiger charge is -2.48. The fraction of sp³-hybridized carbons (Fsp3) is 0.583. The molecule has 2 saturated heterocycles. The SMILES string of the molecule is CN1CC(N2CC3(CCC(c4ccccc4)(N(C)C)CC3)NC2=O)=CN=C1N1CC(F)(F)C1.